The summed E-state index contributed by atoms with van der Waals surface area (Å²) >= 11 is 0. The third-order valence-corrected chi connectivity index (χ3v) is 7.25. The molecule has 1 unspecified atom stereocenters. The van der Waals surface area contributed by atoms with Crippen LogP contribution < -0.4 is 31.0 Å². The summed E-state index contributed by atoms with van der Waals surface area (Å²) in [6, 6.07) is 18.1. The van der Waals surface area contributed by atoms with E-state index in [-0.39, 0.29) is 28.7 Å². The van der Waals surface area contributed by atoms with Crippen LogP contribution in [0, 0.1) is 0 Å². The highest BCUT2D eigenvalue weighted by atomic mass is 16.5. The molecular formula is C31H27N3O7. The average Bonchev–Trinajstić information content (AvgIpc) is 3.24. The molecule has 10 heteroatoms. The topological polar surface area (TPSA) is 107 Å². The van der Waals surface area contributed by atoms with Crippen molar-refractivity contribution in [1.82, 2.24) is 13.9 Å². The fourth-order valence-corrected chi connectivity index (χ4v) is 5.38. The SMILES string of the molecule is COc1ccc(-c2cc(=O)c3c(OC)c(C4C=C(C)Cn5c(=O)n(-c6ccccc6)c(=O)n54)c(OC)cc3o2)cc1. The van der Waals surface area contributed by atoms with Crippen LogP contribution in [0.4, 0.5) is 0 Å². The summed E-state index contributed by atoms with van der Waals surface area (Å²) in [5, 5.41) is 0.196. The van der Waals surface area contributed by atoms with E-state index in [9.17, 15) is 14.4 Å². The Morgan fingerprint density at radius 2 is 1.59 bits per heavy atom. The molecule has 3 heterocycles. The number of hydrogen-bond acceptors (Lipinski definition) is 7. The second-order valence-electron chi connectivity index (χ2n) is 9.70. The Morgan fingerprint density at radius 3 is 2.24 bits per heavy atom. The van der Waals surface area contributed by atoms with Gasteiger partial charge in [0.25, 0.3) is 0 Å². The summed E-state index contributed by atoms with van der Waals surface area (Å²) < 4.78 is 26.9. The number of aromatic nitrogens is 3. The lowest BCUT2D eigenvalue weighted by Gasteiger charge is -2.27. The lowest BCUT2D eigenvalue weighted by atomic mass is 9.98. The van der Waals surface area contributed by atoms with Gasteiger partial charge < -0.3 is 18.6 Å². The van der Waals surface area contributed by atoms with E-state index in [0.29, 0.717) is 34.1 Å². The zero-order valence-electron chi connectivity index (χ0n) is 22.9. The van der Waals surface area contributed by atoms with Crippen molar-refractivity contribution in [2.45, 2.75) is 19.5 Å². The highest BCUT2D eigenvalue weighted by molar-refractivity contribution is 5.89. The van der Waals surface area contributed by atoms with Gasteiger partial charge in [-0.25, -0.2) is 23.5 Å². The molecule has 0 aliphatic carbocycles. The number of para-hydroxylation sites is 1. The molecule has 41 heavy (non-hydrogen) atoms. The number of fused-ring (bicyclic) bond motifs is 2. The van der Waals surface area contributed by atoms with Crippen LogP contribution in [0.25, 0.3) is 28.0 Å². The number of nitrogens with zero attached hydrogens (tertiary/aromatic N) is 3. The van der Waals surface area contributed by atoms with E-state index in [4.69, 9.17) is 18.6 Å². The molecule has 0 bridgehead atoms. The van der Waals surface area contributed by atoms with Crippen LogP contribution in [-0.4, -0.2) is 35.3 Å². The van der Waals surface area contributed by atoms with Gasteiger partial charge in [0, 0.05) is 17.7 Å². The average molecular weight is 554 g/mol. The molecule has 0 spiro atoms. The molecule has 2 aromatic heterocycles. The molecule has 1 atom stereocenters. The lowest BCUT2D eigenvalue weighted by Crippen LogP contribution is -2.34. The van der Waals surface area contributed by atoms with Crippen LogP contribution in [0.2, 0.25) is 0 Å². The van der Waals surface area contributed by atoms with Crippen LogP contribution in [0.3, 0.4) is 0 Å². The van der Waals surface area contributed by atoms with Gasteiger partial charge in [-0.3, -0.25) is 4.79 Å². The van der Waals surface area contributed by atoms with E-state index in [2.05, 4.69) is 0 Å². The van der Waals surface area contributed by atoms with Crippen molar-refractivity contribution in [2.24, 2.45) is 0 Å². The van der Waals surface area contributed by atoms with E-state index >= 15 is 0 Å². The second-order valence-corrected chi connectivity index (χ2v) is 9.70. The molecule has 3 aromatic carbocycles. The monoisotopic (exact) mass is 553 g/mol. The van der Waals surface area contributed by atoms with Crippen molar-refractivity contribution in [1.29, 1.82) is 0 Å². The summed E-state index contributed by atoms with van der Waals surface area (Å²) in [5.74, 6) is 1.57. The van der Waals surface area contributed by atoms with Gasteiger partial charge in [-0.2, -0.15) is 0 Å². The molecule has 208 valence electrons. The normalized spacial score (nSPS) is 14.4. The van der Waals surface area contributed by atoms with Crippen molar-refractivity contribution in [3.8, 4) is 34.3 Å². The van der Waals surface area contributed by atoms with Crippen LogP contribution in [0.5, 0.6) is 17.2 Å². The van der Waals surface area contributed by atoms with Crippen LogP contribution in [0.1, 0.15) is 18.5 Å². The number of methoxy groups -OCH3 is 3. The maximum absolute atomic E-state index is 13.8. The number of benzene rings is 3. The number of allylic oxidation sites excluding steroid dienone is 2. The molecule has 5 aromatic rings. The third-order valence-electron chi connectivity index (χ3n) is 7.25. The smallest absolute Gasteiger partial charge is 0.352 e. The Balaban J connectivity index is 1.60. The van der Waals surface area contributed by atoms with E-state index in [0.717, 1.165) is 10.1 Å². The maximum atomic E-state index is 13.8. The first-order valence-electron chi connectivity index (χ1n) is 12.9. The van der Waals surface area contributed by atoms with Gasteiger partial charge in [0.05, 0.1) is 39.1 Å². The minimum absolute atomic E-state index is 0.196. The largest absolute Gasteiger partial charge is 0.497 e. The molecular weight excluding hydrogens is 526 g/mol. The standard InChI is InChI=1S/C31H27N3O7/c1-18-14-22(34-31(37)33(30(36)32(34)17-18)20-8-6-5-7-9-20)27-25(39-3)16-26-28(29(27)40-4)23(35)15-24(41-26)19-10-12-21(38-2)13-11-19/h5-16,22H,17H2,1-4H3. The molecule has 1 aliphatic rings. The van der Waals surface area contributed by atoms with E-state index in [1.54, 1.807) is 61.7 Å². The van der Waals surface area contributed by atoms with Gasteiger partial charge in [-0.1, -0.05) is 29.8 Å². The van der Waals surface area contributed by atoms with Crippen LogP contribution in [-0.2, 0) is 6.54 Å². The fourth-order valence-electron chi connectivity index (χ4n) is 5.38. The Kier molecular flexibility index (Phi) is 6.37. The van der Waals surface area contributed by atoms with Gasteiger partial charge in [0.15, 0.2) is 5.43 Å². The molecule has 1 aliphatic heterocycles. The van der Waals surface area contributed by atoms with Crippen molar-refractivity contribution in [3.63, 3.8) is 0 Å². The third kappa shape index (κ3) is 4.15. The van der Waals surface area contributed by atoms with Crippen molar-refractivity contribution in [3.05, 3.63) is 115 Å². The number of ether oxygens (including phenoxy) is 3. The first-order valence-corrected chi connectivity index (χ1v) is 12.9. The molecule has 0 saturated heterocycles. The first kappa shape index (κ1) is 26.0. The van der Waals surface area contributed by atoms with Gasteiger partial charge in [0.1, 0.15) is 40.0 Å². The molecule has 0 fully saturated rings. The summed E-state index contributed by atoms with van der Waals surface area (Å²) in [4.78, 5) is 40.9. The molecule has 0 amide bonds. The zero-order valence-corrected chi connectivity index (χ0v) is 22.9. The number of rotatable bonds is 6. The summed E-state index contributed by atoms with van der Waals surface area (Å²) in [5.41, 5.74) is 1.35. The molecule has 0 radical (unpaired) electrons. The van der Waals surface area contributed by atoms with Crippen molar-refractivity contribution >= 4 is 11.0 Å². The quantitative estimate of drug-likeness (QED) is 0.291. The molecule has 6 rings (SSSR count). The second kappa shape index (κ2) is 10.1. The Labute approximate surface area is 233 Å². The Morgan fingerprint density at radius 1 is 0.854 bits per heavy atom. The molecule has 0 saturated carbocycles. The number of hydrogen-bond donors (Lipinski definition) is 0. The summed E-state index contributed by atoms with van der Waals surface area (Å²) in [6.07, 6.45) is 1.87. The zero-order chi connectivity index (χ0) is 28.8. The minimum Gasteiger partial charge on any atom is -0.497 e. The molecule has 10 nitrogen and oxygen atoms in total. The van der Waals surface area contributed by atoms with Gasteiger partial charge in [0.2, 0.25) is 0 Å². The predicted octanol–water partition coefficient (Wildman–Crippen LogP) is 4.15. The highest BCUT2D eigenvalue weighted by Gasteiger charge is 2.33. The van der Waals surface area contributed by atoms with Gasteiger partial charge >= 0.3 is 11.4 Å². The van der Waals surface area contributed by atoms with Crippen molar-refractivity contribution < 1.29 is 18.6 Å². The predicted molar refractivity (Wildman–Crippen MR) is 154 cm³/mol. The highest BCUT2D eigenvalue weighted by Crippen LogP contribution is 2.43. The summed E-state index contributed by atoms with van der Waals surface area (Å²) in [6.45, 7) is 2.11. The minimum atomic E-state index is -0.802. The van der Waals surface area contributed by atoms with E-state index in [1.807, 2.05) is 19.1 Å². The fraction of sp³-hybridized carbons (Fsp3) is 0.194. The Bertz CT molecular complexity index is 2000. The molecule has 0 N–H and O–H groups in total. The van der Waals surface area contributed by atoms with Gasteiger partial charge in [-0.15, -0.1) is 0 Å². The summed E-state index contributed by atoms with van der Waals surface area (Å²) in [7, 11) is 4.51. The van der Waals surface area contributed by atoms with E-state index in [1.165, 1.54) is 29.6 Å². The van der Waals surface area contributed by atoms with E-state index < -0.39 is 17.4 Å². The van der Waals surface area contributed by atoms with Gasteiger partial charge in [-0.05, 0) is 43.3 Å². The van der Waals surface area contributed by atoms with Crippen molar-refractivity contribution in [2.75, 3.05) is 21.3 Å². The first-order chi connectivity index (χ1) is 19.9. The Hall–Kier alpha value is -5.25. The van der Waals surface area contributed by atoms with Crippen LogP contribution >= 0.6 is 0 Å². The lowest BCUT2D eigenvalue weighted by molar-refractivity contribution is 0.361. The van der Waals surface area contributed by atoms with Crippen LogP contribution in [0.15, 0.2) is 97.2 Å². The maximum Gasteiger partial charge on any atom is 0.352 e.